The standard InChI is InChI=1S/C24H24N4O3/c1-2-31-22-10-6-3-7-19(22)24(30)28-15-13-27(14-16-28)23(29)12-11-18-17-25-20-8-4-5-9-21(20)26-18/h3-12,17H,2,13-16H2,1H3/b12-11+. The zero-order valence-electron chi connectivity index (χ0n) is 17.4. The largest absolute Gasteiger partial charge is 0.493 e. The first-order valence-electron chi connectivity index (χ1n) is 10.4. The maximum Gasteiger partial charge on any atom is 0.257 e. The lowest BCUT2D eigenvalue weighted by atomic mass is 10.1. The van der Waals surface area contributed by atoms with Crippen LogP contribution in [0.1, 0.15) is 23.0 Å². The summed E-state index contributed by atoms with van der Waals surface area (Å²) in [6, 6.07) is 14.9. The van der Waals surface area contributed by atoms with E-state index in [1.165, 1.54) is 6.08 Å². The quantitative estimate of drug-likeness (QED) is 0.598. The highest BCUT2D eigenvalue weighted by Crippen LogP contribution is 2.21. The van der Waals surface area contributed by atoms with Crippen molar-refractivity contribution in [2.45, 2.75) is 6.92 Å². The fraction of sp³-hybridized carbons (Fsp3) is 0.250. The topological polar surface area (TPSA) is 75.6 Å². The highest BCUT2D eigenvalue weighted by molar-refractivity contribution is 5.97. The van der Waals surface area contributed by atoms with Gasteiger partial charge in [-0.25, -0.2) is 4.98 Å². The summed E-state index contributed by atoms with van der Waals surface area (Å²) in [5.74, 6) is 0.419. The maximum absolute atomic E-state index is 12.9. The Morgan fingerprint density at radius 3 is 2.42 bits per heavy atom. The number of nitrogens with zero attached hydrogens (tertiary/aromatic N) is 4. The molecule has 1 aromatic heterocycles. The summed E-state index contributed by atoms with van der Waals surface area (Å²) in [4.78, 5) is 37.9. The van der Waals surface area contributed by atoms with E-state index in [1.54, 1.807) is 34.2 Å². The normalized spacial score (nSPS) is 14.2. The number of hydrogen-bond donors (Lipinski definition) is 0. The number of rotatable bonds is 5. The number of benzene rings is 2. The summed E-state index contributed by atoms with van der Waals surface area (Å²) in [5, 5.41) is 0. The number of fused-ring (bicyclic) bond motifs is 1. The summed E-state index contributed by atoms with van der Waals surface area (Å²) in [6.07, 6.45) is 4.84. The van der Waals surface area contributed by atoms with Crippen molar-refractivity contribution in [1.29, 1.82) is 0 Å². The van der Waals surface area contributed by atoms with Gasteiger partial charge < -0.3 is 14.5 Å². The van der Waals surface area contributed by atoms with E-state index in [4.69, 9.17) is 4.74 Å². The van der Waals surface area contributed by atoms with Crippen molar-refractivity contribution in [2.75, 3.05) is 32.8 Å². The van der Waals surface area contributed by atoms with Crippen LogP contribution in [0.4, 0.5) is 0 Å². The van der Waals surface area contributed by atoms with E-state index >= 15 is 0 Å². The Kier molecular flexibility index (Phi) is 6.21. The molecule has 1 aliphatic rings. The van der Waals surface area contributed by atoms with Gasteiger partial charge in [0.05, 0.1) is 35.1 Å². The summed E-state index contributed by atoms with van der Waals surface area (Å²) in [7, 11) is 0. The van der Waals surface area contributed by atoms with Crippen LogP contribution in [0, 0.1) is 0 Å². The number of piperazine rings is 1. The highest BCUT2D eigenvalue weighted by atomic mass is 16.5. The molecule has 0 spiro atoms. The lowest BCUT2D eigenvalue weighted by Crippen LogP contribution is -2.50. The van der Waals surface area contributed by atoms with Crippen LogP contribution >= 0.6 is 0 Å². The number of aromatic nitrogens is 2. The van der Waals surface area contributed by atoms with Gasteiger partial charge in [0.1, 0.15) is 5.75 Å². The van der Waals surface area contributed by atoms with Gasteiger partial charge in [-0.15, -0.1) is 0 Å². The Balaban J connectivity index is 1.36. The van der Waals surface area contributed by atoms with Gasteiger partial charge in [0.15, 0.2) is 0 Å². The SMILES string of the molecule is CCOc1ccccc1C(=O)N1CCN(C(=O)/C=C/c2cnc3ccccc3n2)CC1. The zero-order chi connectivity index (χ0) is 21.6. The Morgan fingerprint density at radius 1 is 0.968 bits per heavy atom. The van der Waals surface area contributed by atoms with Gasteiger partial charge in [-0.3, -0.25) is 14.6 Å². The molecular formula is C24H24N4O3. The van der Waals surface area contributed by atoms with E-state index in [0.29, 0.717) is 49.8 Å². The predicted molar refractivity (Wildman–Crippen MR) is 119 cm³/mol. The fourth-order valence-corrected chi connectivity index (χ4v) is 3.54. The van der Waals surface area contributed by atoms with Crippen LogP contribution in [-0.4, -0.2) is 64.4 Å². The first kappa shape index (κ1) is 20.5. The zero-order valence-corrected chi connectivity index (χ0v) is 17.4. The van der Waals surface area contributed by atoms with E-state index in [9.17, 15) is 9.59 Å². The van der Waals surface area contributed by atoms with Gasteiger partial charge >= 0.3 is 0 Å². The molecule has 4 rings (SSSR count). The van der Waals surface area contributed by atoms with E-state index in [1.807, 2.05) is 43.3 Å². The molecule has 1 saturated heterocycles. The van der Waals surface area contributed by atoms with Crippen LogP contribution in [0.15, 0.2) is 60.8 Å². The van der Waals surface area contributed by atoms with E-state index in [-0.39, 0.29) is 11.8 Å². The molecule has 0 N–H and O–H groups in total. The van der Waals surface area contributed by atoms with Crippen LogP contribution in [0.3, 0.4) is 0 Å². The van der Waals surface area contributed by atoms with Crippen LogP contribution in [-0.2, 0) is 4.79 Å². The second-order valence-electron chi connectivity index (χ2n) is 7.16. The van der Waals surface area contributed by atoms with Crippen molar-refractivity contribution < 1.29 is 14.3 Å². The lowest BCUT2D eigenvalue weighted by Gasteiger charge is -2.34. The van der Waals surface area contributed by atoms with Crippen LogP contribution in [0.5, 0.6) is 5.75 Å². The van der Waals surface area contributed by atoms with Crippen molar-refractivity contribution in [3.63, 3.8) is 0 Å². The number of ether oxygens (including phenoxy) is 1. The van der Waals surface area contributed by atoms with Crippen molar-refractivity contribution >= 4 is 28.9 Å². The van der Waals surface area contributed by atoms with Crippen LogP contribution in [0.25, 0.3) is 17.1 Å². The molecule has 31 heavy (non-hydrogen) atoms. The highest BCUT2D eigenvalue weighted by Gasteiger charge is 2.25. The Morgan fingerprint density at radius 2 is 1.65 bits per heavy atom. The van der Waals surface area contributed by atoms with Crippen LogP contribution in [0.2, 0.25) is 0 Å². The third kappa shape index (κ3) is 4.71. The minimum Gasteiger partial charge on any atom is -0.493 e. The molecule has 7 nitrogen and oxygen atoms in total. The van der Waals surface area contributed by atoms with Gasteiger partial charge in [-0.1, -0.05) is 24.3 Å². The average Bonchev–Trinajstić information content (AvgIpc) is 2.82. The number of carbonyl (C=O) groups is 2. The molecule has 0 atom stereocenters. The summed E-state index contributed by atoms with van der Waals surface area (Å²) in [6.45, 7) is 4.32. The lowest BCUT2D eigenvalue weighted by molar-refractivity contribution is -0.127. The second kappa shape index (κ2) is 9.38. The smallest absolute Gasteiger partial charge is 0.257 e. The van der Waals surface area contributed by atoms with Gasteiger partial charge in [0.2, 0.25) is 5.91 Å². The first-order valence-corrected chi connectivity index (χ1v) is 10.4. The van der Waals surface area contributed by atoms with E-state index in [2.05, 4.69) is 9.97 Å². The molecule has 0 unspecified atom stereocenters. The van der Waals surface area contributed by atoms with E-state index in [0.717, 1.165) is 11.0 Å². The molecule has 158 valence electrons. The van der Waals surface area contributed by atoms with Crippen molar-refractivity contribution in [3.8, 4) is 5.75 Å². The molecule has 0 radical (unpaired) electrons. The molecule has 2 aromatic carbocycles. The van der Waals surface area contributed by atoms with Crippen molar-refractivity contribution in [2.24, 2.45) is 0 Å². The van der Waals surface area contributed by atoms with Crippen molar-refractivity contribution in [3.05, 3.63) is 72.1 Å². The Bertz CT molecular complexity index is 1120. The minimum atomic E-state index is -0.100. The van der Waals surface area contributed by atoms with Gasteiger partial charge in [0, 0.05) is 32.3 Å². The Labute approximate surface area is 181 Å². The second-order valence-corrected chi connectivity index (χ2v) is 7.16. The monoisotopic (exact) mass is 416 g/mol. The Hall–Kier alpha value is -3.74. The molecule has 1 fully saturated rings. The van der Waals surface area contributed by atoms with Gasteiger partial charge in [0.25, 0.3) is 5.91 Å². The fourth-order valence-electron chi connectivity index (χ4n) is 3.54. The number of hydrogen-bond acceptors (Lipinski definition) is 5. The summed E-state index contributed by atoms with van der Waals surface area (Å²) < 4.78 is 5.58. The number of para-hydroxylation sites is 3. The molecule has 0 bridgehead atoms. The maximum atomic E-state index is 12.9. The molecule has 1 aliphatic heterocycles. The molecule has 0 saturated carbocycles. The molecule has 2 amide bonds. The minimum absolute atomic E-state index is 0.0712. The number of carbonyl (C=O) groups excluding carboxylic acids is 2. The molecule has 0 aliphatic carbocycles. The third-order valence-electron chi connectivity index (χ3n) is 5.16. The third-order valence-corrected chi connectivity index (χ3v) is 5.16. The van der Waals surface area contributed by atoms with Crippen molar-refractivity contribution in [1.82, 2.24) is 19.8 Å². The molecule has 3 aromatic rings. The average molecular weight is 416 g/mol. The van der Waals surface area contributed by atoms with Crippen LogP contribution < -0.4 is 4.74 Å². The number of amides is 2. The summed E-state index contributed by atoms with van der Waals surface area (Å²) >= 11 is 0. The van der Waals surface area contributed by atoms with Gasteiger partial charge in [-0.05, 0) is 37.3 Å². The summed E-state index contributed by atoms with van der Waals surface area (Å²) in [5.41, 5.74) is 2.79. The molecule has 7 heteroatoms. The predicted octanol–water partition coefficient (Wildman–Crippen LogP) is 3.03. The molecular weight excluding hydrogens is 392 g/mol. The first-order chi connectivity index (χ1) is 15.2. The van der Waals surface area contributed by atoms with Gasteiger partial charge in [-0.2, -0.15) is 0 Å². The van der Waals surface area contributed by atoms with E-state index < -0.39 is 0 Å². The molecule has 2 heterocycles.